The van der Waals surface area contributed by atoms with E-state index in [1.807, 2.05) is 6.07 Å². The molecule has 3 aromatic carbocycles. The van der Waals surface area contributed by atoms with Gasteiger partial charge in [-0.15, -0.1) is 0 Å². The molecule has 0 aromatic heterocycles. The van der Waals surface area contributed by atoms with Crippen molar-refractivity contribution in [2.45, 2.75) is 5.60 Å². The second kappa shape index (κ2) is 14.1. The van der Waals surface area contributed by atoms with Gasteiger partial charge in [0.2, 0.25) is 5.60 Å². The number of rotatable bonds is 10. The van der Waals surface area contributed by atoms with Crippen LogP contribution in [0.1, 0.15) is 21.5 Å². The zero-order valence-electron chi connectivity index (χ0n) is 25.5. The fourth-order valence-electron chi connectivity index (χ4n) is 4.54. The van der Waals surface area contributed by atoms with Gasteiger partial charge in [0.1, 0.15) is 34.5 Å². The van der Waals surface area contributed by atoms with E-state index in [2.05, 4.69) is 5.32 Å². The molecule has 0 bridgehead atoms. The summed E-state index contributed by atoms with van der Waals surface area (Å²) < 4.78 is 38.0. The molecule has 0 saturated heterocycles. The summed E-state index contributed by atoms with van der Waals surface area (Å²) in [6.45, 7) is 0. The third-order valence-corrected chi connectivity index (χ3v) is 6.78. The molecule has 4 rings (SSSR count). The SMILES string of the molecule is COC(=O)/C=C1\NC(c2ccccc2)=N/C(=C/C(=O)OC)C1(OC(=O)c1cc(OC)cc(OC)c1)c1cc(OC)cc(OC)c1. The highest BCUT2D eigenvalue weighted by atomic mass is 16.6. The van der Waals surface area contributed by atoms with Crippen molar-refractivity contribution in [1.82, 2.24) is 5.32 Å². The molecule has 234 valence electrons. The topological polar surface area (TPSA) is 140 Å². The molecule has 1 atom stereocenters. The lowest BCUT2D eigenvalue weighted by Gasteiger charge is -2.40. The minimum atomic E-state index is -2.10. The molecule has 1 aliphatic rings. The van der Waals surface area contributed by atoms with Gasteiger partial charge in [-0.25, -0.2) is 19.4 Å². The summed E-state index contributed by atoms with van der Waals surface area (Å²) in [6, 6.07) is 18.2. The number of hydrogen-bond donors (Lipinski definition) is 1. The average molecular weight is 617 g/mol. The Labute approximate surface area is 259 Å². The molecule has 0 amide bonds. The van der Waals surface area contributed by atoms with Crippen LogP contribution >= 0.6 is 0 Å². The van der Waals surface area contributed by atoms with E-state index in [9.17, 15) is 14.4 Å². The molecule has 0 aliphatic carbocycles. The predicted octanol–water partition coefficient (Wildman–Crippen LogP) is 3.94. The zero-order valence-corrected chi connectivity index (χ0v) is 25.5. The first-order valence-electron chi connectivity index (χ1n) is 13.4. The van der Waals surface area contributed by atoms with Gasteiger partial charge in [0.15, 0.2) is 0 Å². The van der Waals surface area contributed by atoms with Crippen LogP contribution in [0.2, 0.25) is 0 Å². The molecular weight excluding hydrogens is 584 g/mol. The van der Waals surface area contributed by atoms with E-state index in [1.54, 1.807) is 48.5 Å². The van der Waals surface area contributed by atoms with Crippen LogP contribution in [-0.4, -0.2) is 66.4 Å². The smallest absolute Gasteiger partial charge is 0.340 e. The number of carbonyl (C=O) groups is 3. The van der Waals surface area contributed by atoms with Crippen molar-refractivity contribution in [3.8, 4) is 23.0 Å². The van der Waals surface area contributed by atoms with Gasteiger partial charge in [0.05, 0.1) is 53.9 Å². The highest BCUT2D eigenvalue weighted by Crippen LogP contribution is 2.46. The summed E-state index contributed by atoms with van der Waals surface area (Å²) in [6.07, 6.45) is 2.18. The van der Waals surface area contributed by atoms with Crippen molar-refractivity contribution >= 4 is 23.7 Å². The molecule has 0 fully saturated rings. The van der Waals surface area contributed by atoms with Gasteiger partial charge in [-0.3, -0.25) is 0 Å². The minimum Gasteiger partial charge on any atom is -0.497 e. The van der Waals surface area contributed by atoms with Gasteiger partial charge in [0, 0.05) is 35.4 Å². The lowest BCUT2D eigenvalue weighted by Crippen LogP contribution is -2.48. The van der Waals surface area contributed by atoms with E-state index in [-0.39, 0.29) is 28.4 Å². The van der Waals surface area contributed by atoms with Crippen LogP contribution in [0.25, 0.3) is 0 Å². The molecule has 3 aromatic rings. The first-order valence-corrected chi connectivity index (χ1v) is 13.4. The maximum absolute atomic E-state index is 14.1. The number of benzene rings is 3. The number of amidine groups is 1. The number of nitrogens with one attached hydrogen (secondary N) is 1. The monoisotopic (exact) mass is 616 g/mol. The largest absolute Gasteiger partial charge is 0.497 e. The third-order valence-electron chi connectivity index (χ3n) is 6.78. The fourth-order valence-corrected chi connectivity index (χ4v) is 4.54. The summed E-state index contributed by atoms with van der Waals surface area (Å²) in [5, 5.41) is 3.13. The van der Waals surface area contributed by atoms with E-state index in [1.165, 1.54) is 54.8 Å². The Kier molecular flexibility index (Phi) is 10.1. The van der Waals surface area contributed by atoms with Crippen LogP contribution < -0.4 is 24.3 Å². The van der Waals surface area contributed by atoms with Crippen molar-refractivity contribution in [3.05, 3.63) is 107 Å². The number of carbonyl (C=O) groups excluding carboxylic acids is 3. The van der Waals surface area contributed by atoms with Gasteiger partial charge in [-0.05, 0) is 24.3 Å². The summed E-state index contributed by atoms with van der Waals surface area (Å²) in [4.78, 5) is 44.6. The van der Waals surface area contributed by atoms with Gasteiger partial charge >= 0.3 is 17.9 Å². The van der Waals surface area contributed by atoms with Crippen molar-refractivity contribution < 1.29 is 47.5 Å². The highest BCUT2D eigenvalue weighted by Gasteiger charge is 2.50. The first kappa shape index (κ1) is 32.1. The molecule has 0 saturated carbocycles. The quantitative estimate of drug-likeness (QED) is 0.201. The van der Waals surface area contributed by atoms with Crippen LogP contribution in [-0.2, 0) is 29.4 Å². The third kappa shape index (κ3) is 6.90. The highest BCUT2D eigenvalue weighted by molar-refractivity contribution is 6.03. The van der Waals surface area contributed by atoms with Crippen LogP contribution in [0.15, 0.2) is 95.3 Å². The number of ether oxygens (including phenoxy) is 7. The Morgan fingerprint density at radius 2 is 1.20 bits per heavy atom. The van der Waals surface area contributed by atoms with Gasteiger partial charge in [-0.2, -0.15) is 0 Å². The average Bonchev–Trinajstić information content (AvgIpc) is 3.08. The minimum absolute atomic E-state index is 0.0168. The van der Waals surface area contributed by atoms with Crippen molar-refractivity contribution in [2.75, 3.05) is 42.7 Å². The Balaban J connectivity index is 2.12. The number of esters is 3. The van der Waals surface area contributed by atoms with Crippen LogP contribution in [0.5, 0.6) is 23.0 Å². The Bertz CT molecular complexity index is 1640. The van der Waals surface area contributed by atoms with Crippen LogP contribution in [0, 0.1) is 0 Å². The molecular formula is C33H32N2O10. The van der Waals surface area contributed by atoms with Gasteiger partial charge in [-0.1, -0.05) is 30.3 Å². The Hall–Kier alpha value is -5.78. The van der Waals surface area contributed by atoms with E-state index >= 15 is 0 Å². The molecule has 12 heteroatoms. The van der Waals surface area contributed by atoms with E-state index in [0.717, 1.165) is 12.2 Å². The molecule has 1 unspecified atom stereocenters. The molecule has 12 nitrogen and oxygen atoms in total. The molecule has 1 aliphatic heterocycles. The van der Waals surface area contributed by atoms with E-state index < -0.39 is 23.5 Å². The summed E-state index contributed by atoms with van der Waals surface area (Å²) in [7, 11) is 8.16. The van der Waals surface area contributed by atoms with Crippen LogP contribution in [0.3, 0.4) is 0 Å². The van der Waals surface area contributed by atoms with Gasteiger partial charge < -0.3 is 38.5 Å². The summed E-state index contributed by atoms with van der Waals surface area (Å²) in [5.74, 6) is -0.973. The second-order valence-corrected chi connectivity index (χ2v) is 9.36. The molecule has 0 spiro atoms. The summed E-state index contributed by atoms with van der Waals surface area (Å²) in [5.41, 5.74) is -1.39. The normalized spacial score (nSPS) is 17.4. The standard InChI is InChI=1S/C33H32N2O10/c1-39-23-12-21(13-24(16-23)40-2)32(38)45-33(22-14-25(41-3)17-26(15-22)42-4)27(18-29(36)43-5)34-31(20-10-8-7-9-11-20)35-28(33)19-30(37)44-6/h7-19H,1-6H3,(H,34,35)/b27-18-,28-19+. The second-order valence-electron chi connectivity index (χ2n) is 9.36. The van der Waals surface area contributed by atoms with E-state index in [0.29, 0.717) is 28.6 Å². The number of methoxy groups -OCH3 is 6. The van der Waals surface area contributed by atoms with E-state index in [4.69, 9.17) is 38.2 Å². The molecule has 1 heterocycles. The first-order chi connectivity index (χ1) is 21.7. The molecule has 0 radical (unpaired) electrons. The molecule has 1 N–H and O–H groups in total. The van der Waals surface area contributed by atoms with Crippen molar-refractivity contribution in [2.24, 2.45) is 4.99 Å². The number of aliphatic imine (C=N–C) groups is 1. The molecule has 45 heavy (non-hydrogen) atoms. The fraction of sp³-hybridized carbons (Fsp3) is 0.212. The summed E-state index contributed by atoms with van der Waals surface area (Å²) >= 11 is 0. The Morgan fingerprint density at radius 1 is 0.689 bits per heavy atom. The lowest BCUT2D eigenvalue weighted by atomic mass is 9.83. The van der Waals surface area contributed by atoms with Crippen LogP contribution in [0.4, 0.5) is 0 Å². The number of nitrogens with zero attached hydrogens (tertiary/aromatic N) is 1. The number of hydrogen-bond acceptors (Lipinski definition) is 12. The maximum Gasteiger partial charge on any atom is 0.340 e. The van der Waals surface area contributed by atoms with Crippen molar-refractivity contribution in [3.63, 3.8) is 0 Å². The Morgan fingerprint density at radius 3 is 1.71 bits per heavy atom. The van der Waals surface area contributed by atoms with Crippen molar-refractivity contribution in [1.29, 1.82) is 0 Å². The zero-order chi connectivity index (χ0) is 32.6. The maximum atomic E-state index is 14.1. The lowest BCUT2D eigenvalue weighted by molar-refractivity contribution is -0.135. The predicted molar refractivity (Wildman–Crippen MR) is 162 cm³/mol. The van der Waals surface area contributed by atoms with Gasteiger partial charge in [0.25, 0.3) is 0 Å².